The highest BCUT2D eigenvalue weighted by Gasteiger charge is 2.25. The van der Waals surface area contributed by atoms with Gasteiger partial charge in [-0.05, 0) is 57.1 Å². The fourth-order valence-corrected chi connectivity index (χ4v) is 2.82. The molecule has 21 heavy (non-hydrogen) atoms. The average Bonchev–Trinajstić information content (AvgIpc) is 2.53. The molecule has 1 aromatic rings. The first-order valence-corrected chi connectivity index (χ1v) is 7.77. The largest absolute Gasteiger partial charge is 0.497 e. The van der Waals surface area contributed by atoms with Crippen LogP contribution in [-0.2, 0) is 4.79 Å². The van der Waals surface area contributed by atoms with E-state index in [1.807, 2.05) is 24.3 Å². The third-order valence-corrected chi connectivity index (χ3v) is 4.33. The number of piperidine rings is 1. The van der Waals surface area contributed by atoms with Crippen LogP contribution in [0.5, 0.6) is 5.75 Å². The molecular formula is C17H26N2O2. The highest BCUT2D eigenvalue weighted by atomic mass is 16.5. The van der Waals surface area contributed by atoms with Gasteiger partial charge in [0.1, 0.15) is 5.75 Å². The Labute approximate surface area is 127 Å². The summed E-state index contributed by atoms with van der Waals surface area (Å²) in [5.41, 5.74) is 1.14. The van der Waals surface area contributed by atoms with Gasteiger partial charge in [-0.3, -0.25) is 4.79 Å². The summed E-state index contributed by atoms with van der Waals surface area (Å²) in [7, 11) is 3.77. The Kier molecular flexibility index (Phi) is 5.62. The fourth-order valence-electron chi connectivity index (χ4n) is 2.82. The molecule has 4 heteroatoms. The van der Waals surface area contributed by atoms with Gasteiger partial charge in [-0.25, -0.2) is 0 Å². The maximum atomic E-state index is 12.4. The van der Waals surface area contributed by atoms with E-state index in [-0.39, 0.29) is 17.9 Å². The molecule has 0 saturated carbocycles. The number of carbonyl (C=O) groups is 1. The van der Waals surface area contributed by atoms with E-state index in [0.29, 0.717) is 0 Å². The quantitative estimate of drug-likeness (QED) is 0.906. The van der Waals surface area contributed by atoms with Crippen LogP contribution in [-0.4, -0.2) is 38.1 Å². The maximum Gasteiger partial charge on any atom is 0.223 e. The molecule has 0 aromatic heterocycles. The first-order chi connectivity index (χ1) is 10.1. The Morgan fingerprint density at radius 2 is 1.95 bits per heavy atom. The molecule has 1 N–H and O–H groups in total. The van der Waals surface area contributed by atoms with E-state index in [1.165, 1.54) is 0 Å². The number of benzene rings is 1. The monoisotopic (exact) mass is 290 g/mol. The smallest absolute Gasteiger partial charge is 0.223 e. The molecular weight excluding hydrogens is 264 g/mol. The fraction of sp³-hybridized carbons (Fsp3) is 0.588. The Morgan fingerprint density at radius 1 is 1.33 bits per heavy atom. The van der Waals surface area contributed by atoms with E-state index in [4.69, 9.17) is 4.74 Å². The molecule has 1 heterocycles. The number of nitrogens with zero attached hydrogens (tertiary/aromatic N) is 1. The van der Waals surface area contributed by atoms with Crippen LogP contribution in [0.1, 0.15) is 37.8 Å². The van der Waals surface area contributed by atoms with Gasteiger partial charge in [0.2, 0.25) is 5.91 Å². The van der Waals surface area contributed by atoms with E-state index in [0.717, 1.165) is 43.7 Å². The number of carbonyl (C=O) groups excluding carboxylic acids is 1. The van der Waals surface area contributed by atoms with Crippen molar-refractivity contribution in [2.45, 2.75) is 32.2 Å². The number of nitrogens with one attached hydrogen (secondary N) is 1. The van der Waals surface area contributed by atoms with E-state index in [2.05, 4.69) is 24.2 Å². The number of hydrogen-bond donors (Lipinski definition) is 1. The second-order valence-corrected chi connectivity index (χ2v) is 5.82. The molecule has 1 aromatic carbocycles. The molecule has 1 saturated heterocycles. The molecule has 1 fully saturated rings. The molecule has 0 aliphatic carbocycles. The predicted molar refractivity (Wildman–Crippen MR) is 84.4 cm³/mol. The zero-order valence-corrected chi connectivity index (χ0v) is 13.3. The molecule has 1 aliphatic rings. The van der Waals surface area contributed by atoms with Gasteiger partial charge in [0.15, 0.2) is 0 Å². The molecule has 1 aliphatic heterocycles. The molecule has 0 unspecified atom stereocenters. The number of rotatable bonds is 5. The second kappa shape index (κ2) is 7.46. The summed E-state index contributed by atoms with van der Waals surface area (Å²) in [5.74, 6) is 1.20. The first-order valence-electron chi connectivity index (χ1n) is 7.77. The van der Waals surface area contributed by atoms with Gasteiger partial charge in [0, 0.05) is 5.92 Å². The SMILES string of the molecule is CC[C@H](NC(=O)C1CCN(C)CC1)c1ccc(OC)cc1. The van der Waals surface area contributed by atoms with Crippen LogP contribution in [0.25, 0.3) is 0 Å². The highest BCUT2D eigenvalue weighted by molar-refractivity contribution is 5.79. The summed E-state index contributed by atoms with van der Waals surface area (Å²) in [6.45, 7) is 4.12. The number of methoxy groups -OCH3 is 1. The van der Waals surface area contributed by atoms with Crippen molar-refractivity contribution in [3.05, 3.63) is 29.8 Å². The lowest BCUT2D eigenvalue weighted by molar-refractivity contribution is -0.127. The lowest BCUT2D eigenvalue weighted by Crippen LogP contribution is -2.40. The molecule has 116 valence electrons. The van der Waals surface area contributed by atoms with Crippen LogP contribution >= 0.6 is 0 Å². The zero-order chi connectivity index (χ0) is 15.2. The summed E-state index contributed by atoms with van der Waals surface area (Å²) in [4.78, 5) is 14.7. The molecule has 2 rings (SSSR count). The van der Waals surface area contributed by atoms with Gasteiger partial charge in [-0.1, -0.05) is 19.1 Å². The number of amides is 1. The van der Waals surface area contributed by atoms with Gasteiger partial charge < -0.3 is 15.0 Å². The minimum absolute atomic E-state index is 0.0862. The van der Waals surface area contributed by atoms with Crippen molar-refractivity contribution in [3.8, 4) is 5.75 Å². The Bertz CT molecular complexity index is 450. The van der Waals surface area contributed by atoms with Crippen LogP contribution in [0.3, 0.4) is 0 Å². The van der Waals surface area contributed by atoms with Gasteiger partial charge in [0.25, 0.3) is 0 Å². The highest BCUT2D eigenvalue weighted by Crippen LogP contribution is 2.22. The van der Waals surface area contributed by atoms with Crippen LogP contribution in [0, 0.1) is 5.92 Å². The van der Waals surface area contributed by atoms with Crippen molar-refractivity contribution in [1.29, 1.82) is 0 Å². The van der Waals surface area contributed by atoms with Gasteiger partial charge in [-0.2, -0.15) is 0 Å². The first kappa shape index (κ1) is 15.8. The van der Waals surface area contributed by atoms with E-state index >= 15 is 0 Å². The van der Waals surface area contributed by atoms with Gasteiger partial charge in [-0.15, -0.1) is 0 Å². The van der Waals surface area contributed by atoms with Crippen molar-refractivity contribution < 1.29 is 9.53 Å². The summed E-state index contributed by atoms with van der Waals surface area (Å²) < 4.78 is 5.18. The van der Waals surface area contributed by atoms with Crippen LogP contribution in [0.2, 0.25) is 0 Å². The normalized spacial score (nSPS) is 18.2. The maximum absolute atomic E-state index is 12.4. The number of likely N-dealkylation sites (tertiary alicyclic amines) is 1. The Hall–Kier alpha value is -1.55. The lowest BCUT2D eigenvalue weighted by atomic mass is 9.95. The average molecular weight is 290 g/mol. The summed E-state index contributed by atoms with van der Waals surface area (Å²) in [6.07, 6.45) is 2.81. The number of ether oxygens (including phenoxy) is 1. The molecule has 1 amide bonds. The van der Waals surface area contributed by atoms with Gasteiger partial charge in [0.05, 0.1) is 13.2 Å². The van der Waals surface area contributed by atoms with Crippen molar-refractivity contribution in [2.75, 3.05) is 27.2 Å². The lowest BCUT2D eigenvalue weighted by Gasteiger charge is -2.29. The Balaban J connectivity index is 1.96. The second-order valence-electron chi connectivity index (χ2n) is 5.82. The van der Waals surface area contributed by atoms with Crippen LogP contribution < -0.4 is 10.1 Å². The summed E-state index contributed by atoms with van der Waals surface area (Å²) in [6, 6.07) is 8.03. The minimum atomic E-state index is 0.0862. The van der Waals surface area contributed by atoms with E-state index in [1.54, 1.807) is 7.11 Å². The summed E-state index contributed by atoms with van der Waals surface area (Å²) >= 11 is 0. The van der Waals surface area contributed by atoms with Crippen LogP contribution in [0.15, 0.2) is 24.3 Å². The standard InChI is InChI=1S/C17H26N2O2/c1-4-16(13-5-7-15(21-3)8-6-13)18-17(20)14-9-11-19(2)12-10-14/h5-8,14,16H,4,9-12H2,1-3H3,(H,18,20)/t16-/m0/s1. The summed E-state index contributed by atoms with van der Waals surface area (Å²) in [5, 5.41) is 3.21. The predicted octanol–water partition coefficient (Wildman–Crippen LogP) is 2.60. The molecule has 0 bridgehead atoms. The van der Waals surface area contributed by atoms with Crippen LogP contribution in [0.4, 0.5) is 0 Å². The van der Waals surface area contributed by atoms with Crippen molar-refractivity contribution in [1.82, 2.24) is 10.2 Å². The van der Waals surface area contributed by atoms with E-state index in [9.17, 15) is 4.79 Å². The topological polar surface area (TPSA) is 41.6 Å². The van der Waals surface area contributed by atoms with E-state index < -0.39 is 0 Å². The molecule has 1 atom stereocenters. The zero-order valence-electron chi connectivity index (χ0n) is 13.3. The number of hydrogen-bond acceptors (Lipinski definition) is 3. The molecule has 4 nitrogen and oxygen atoms in total. The third kappa shape index (κ3) is 4.21. The molecule has 0 spiro atoms. The van der Waals surface area contributed by atoms with Gasteiger partial charge >= 0.3 is 0 Å². The van der Waals surface area contributed by atoms with Crippen molar-refractivity contribution in [2.24, 2.45) is 5.92 Å². The molecule has 0 radical (unpaired) electrons. The van der Waals surface area contributed by atoms with Crippen molar-refractivity contribution in [3.63, 3.8) is 0 Å². The Morgan fingerprint density at radius 3 is 2.48 bits per heavy atom. The minimum Gasteiger partial charge on any atom is -0.497 e. The third-order valence-electron chi connectivity index (χ3n) is 4.33. The van der Waals surface area contributed by atoms with Crippen molar-refractivity contribution >= 4 is 5.91 Å².